The lowest BCUT2D eigenvalue weighted by molar-refractivity contribution is -0.137. The Kier molecular flexibility index (Phi) is 4.55. The van der Waals surface area contributed by atoms with Crippen LogP contribution in [0.1, 0.15) is 40.2 Å². The number of nitrogens with one attached hydrogen (secondary N) is 1. The van der Waals surface area contributed by atoms with Gasteiger partial charge in [-0.25, -0.2) is 9.37 Å². The molecule has 0 fully saturated rings. The van der Waals surface area contributed by atoms with E-state index < -0.39 is 23.7 Å². The molecule has 1 aromatic heterocycles. The van der Waals surface area contributed by atoms with Crippen molar-refractivity contribution in [3.8, 4) is 0 Å². The predicted molar refractivity (Wildman–Crippen MR) is 74.8 cm³/mol. The zero-order valence-corrected chi connectivity index (χ0v) is 12.1. The van der Waals surface area contributed by atoms with Crippen molar-refractivity contribution in [1.82, 2.24) is 10.3 Å². The minimum absolute atomic E-state index is 0.0370. The third kappa shape index (κ3) is 3.69. The van der Waals surface area contributed by atoms with Crippen LogP contribution in [0.5, 0.6) is 0 Å². The molecule has 0 aliphatic carbocycles. The number of benzene rings is 1. The Morgan fingerprint density at radius 1 is 1.32 bits per heavy atom. The van der Waals surface area contributed by atoms with Crippen LogP contribution < -0.4 is 5.32 Å². The number of rotatable bonds is 5. The Morgan fingerprint density at radius 2 is 1.95 bits per heavy atom. The first kappa shape index (κ1) is 15.7. The summed E-state index contributed by atoms with van der Waals surface area (Å²) in [6.07, 6.45) is -0.330. The third-order valence-electron chi connectivity index (χ3n) is 3.07. The number of carboxylic acids is 1. The highest BCUT2D eigenvalue weighted by atomic mass is 19.1. The van der Waals surface area contributed by atoms with E-state index in [1.165, 1.54) is 24.3 Å². The highest BCUT2D eigenvalue weighted by Crippen LogP contribution is 2.19. The quantitative estimate of drug-likeness (QED) is 0.884. The summed E-state index contributed by atoms with van der Waals surface area (Å²) in [5, 5.41) is 11.6. The third-order valence-corrected chi connectivity index (χ3v) is 3.07. The van der Waals surface area contributed by atoms with Crippen molar-refractivity contribution < 1.29 is 23.5 Å². The summed E-state index contributed by atoms with van der Waals surface area (Å²) in [5.41, 5.74) is 0.911. The van der Waals surface area contributed by atoms with Gasteiger partial charge in [0.15, 0.2) is 5.89 Å². The van der Waals surface area contributed by atoms with Crippen molar-refractivity contribution in [2.45, 2.75) is 26.3 Å². The lowest BCUT2D eigenvalue weighted by Gasteiger charge is -2.16. The number of hydrogen-bond donors (Lipinski definition) is 2. The first-order chi connectivity index (χ1) is 10.4. The summed E-state index contributed by atoms with van der Waals surface area (Å²) in [4.78, 5) is 27.2. The average molecular weight is 306 g/mol. The zero-order valence-electron chi connectivity index (χ0n) is 12.1. The maximum Gasteiger partial charge on any atom is 0.305 e. The molecule has 0 radical (unpaired) electrons. The summed E-state index contributed by atoms with van der Waals surface area (Å²) in [6.45, 7) is 3.23. The number of nitrogens with zero attached hydrogens (tertiary/aromatic N) is 1. The van der Waals surface area contributed by atoms with E-state index in [4.69, 9.17) is 9.52 Å². The minimum Gasteiger partial charge on any atom is -0.481 e. The molecule has 2 rings (SSSR count). The monoisotopic (exact) mass is 306 g/mol. The van der Waals surface area contributed by atoms with Crippen molar-refractivity contribution in [2.24, 2.45) is 0 Å². The molecule has 0 aliphatic heterocycles. The van der Waals surface area contributed by atoms with Crippen LogP contribution in [0.4, 0.5) is 4.39 Å². The van der Waals surface area contributed by atoms with Gasteiger partial charge in [0.1, 0.15) is 5.82 Å². The molecule has 1 aromatic carbocycles. The number of carboxylic acid groups (broad SMARTS) is 1. The summed E-state index contributed by atoms with van der Waals surface area (Å²) >= 11 is 0. The molecule has 116 valence electrons. The van der Waals surface area contributed by atoms with E-state index in [2.05, 4.69) is 10.3 Å². The molecule has 1 amide bonds. The molecule has 2 aromatic rings. The number of hydrogen-bond acceptors (Lipinski definition) is 4. The van der Waals surface area contributed by atoms with Crippen LogP contribution in [-0.4, -0.2) is 22.0 Å². The maximum absolute atomic E-state index is 13.0. The Bertz CT molecular complexity index is 694. The second-order valence-electron chi connectivity index (χ2n) is 4.82. The number of carbonyl (C=O) groups excluding carboxylic acids is 1. The van der Waals surface area contributed by atoms with E-state index in [0.29, 0.717) is 17.1 Å². The first-order valence-corrected chi connectivity index (χ1v) is 6.59. The van der Waals surface area contributed by atoms with Gasteiger partial charge in [0.25, 0.3) is 5.91 Å². The van der Waals surface area contributed by atoms with Crippen LogP contribution in [0.2, 0.25) is 0 Å². The molecule has 22 heavy (non-hydrogen) atoms. The van der Waals surface area contributed by atoms with Crippen LogP contribution in [-0.2, 0) is 4.79 Å². The second kappa shape index (κ2) is 6.38. The molecule has 2 N–H and O–H groups in total. The van der Waals surface area contributed by atoms with Gasteiger partial charge in [0.05, 0.1) is 18.2 Å². The van der Waals surface area contributed by atoms with Gasteiger partial charge in [0, 0.05) is 6.92 Å². The molecule has 0 saturated carbocycles. The van der Waals surface area contributed by atoms with Gasteiger partial charge in [0.2, 0.25) is 5.76 Å². The number of aliphatic carboxylic acids is 1. The van der Waals surface area contributed by atoms with Crippen LogP contribution in [0.3, 0.4) is 0 Å². The highest BCUT2D eigenvalue weighted by molar-refractivity contribution is 5.93. The van der Waals surface area contributed by atoms with Crippen LogP contribution in [0.15, 0.2) is 28.7 Å². The van der Waals surface area contributed by atoms with Crippen molar-refractivity contribution in [2.75, 3.05) is 0 Å². The molecule has 1 heterocycles. The Morgan fingerprint density at radius 3 is 2.45 bits per heavy atom. The molecular formula is C15H15FN2O4. The highest BCUT2D eigenvalue weighted by Gasteiger charge is 2.22. The molecule has 6 nitrogen and oxygen atoms in total. The fraction of sp³-hybridized carbons (Fsp3) is 0.267. The van der Waals surface area contributed by atoms with Crippen LogP contribution >= 0.6 is 0 Å². The first-order valence-electron chi connectivity index (χ1n) is 6.59. The van der Waals surface area contributed by atoms with Gasteiger partial charge >= 0.3 is 5.97 Å². The molecule has 0 bridgehead atoms. The van der Waals surface area contributed by atoms with Gasteiger partial charge in [-0.05, 0) is 24.6 Å². The topological polar surface area (TPSA) is 92.4 Å². The fourth-order valence-electron chi connectivity index (χ4n) is 2.09. The van der Waals surface area contributed by atoms with Gasteiger partial charge in [-0.3, -0.25) is 9.59 Å². The van der Waals surface area contributed by atoms with E-state index in [-0.39, 0.29) is 12.2 Å². The van der Waals surface area contributed by atoms with E-state index >= 15 is 0 Å². The van der Waals surface area contributed by atoms with Gasteiger partial charge in [-0.15, -0.1) is 0 Å². The van der Waals surface area contributed by atoms with Gasteiger partial charge in [-0.1, -0.05) is 12.1 Å². The number of halogens is 1. The number of amides is 1. The van der Waals surface area contributed by atoms with Crippen molar-refractivity contribution in [3.05, 3.63) is 53.0 Å². The Hall–Kier alpha value is -2.70. The van der Waals surface area contributed by atoms with E-state index in [1.54, 1.807) is 13.8 Å². The Balaban J connectivity index is 2.23. The van der Waals surface area contributed by atoms with Gasteiger partial charge < -0.3 is 14.8 Å². The largest absolute Gasteiger partial charge is 0.481 e. The maximum atomic E-state index is 13.0. The molecule has 0 aliphatic rings. The number of aryl methyl sites for hydroxylation is 2. The number of carbonyl (C=O) groups is 2. The minimum atomic E-state index is -1.08. The van der Waals surface area contributed by atoms with Gasteiger partial charge in [-0.2, -0.15) is 0 Å². The zero-order chi connectivity index (χ0) is 16.3. The molecule has 1 atom stereocenters. The standard InChI is InChI=1S/C15H15FN2O4/c1-8-14(22-9(2)17-8)15(21)18-12(7-13(19)20)10-3-5-11(16)6-4-10/h3-6,12H,7H2,1-2H3,(H,18,21)(H,19,20). The molecule has 1 unspecified atom stereocenters. The SMILES string of the molecule is Cc1nc(C)c(C(=O)NC(CC(=O)O)c2ccc(F)cc2)o1. The Labute approximate surface area is 126 Å². The summed E-state index contributed by atoms with van der Waals surface area (Å²) in [6, 6.07) is 4.49. The van der Waals surface area contributed by atoms with Crippen molar-refractivity contribution in [1.29, 1.82) is 0 Å². The lowest BCUT2D eigenvalue weighted by atomic mass is 10.0. The van der Waals surface area contributed by atoms with Crippen LogP contribution in [0, 0.1) is 19.7 Å². The van der Waals surface area contributed by atoms with Crippen LogP contribution in [0.25, 0.3) is 0 Å². The number of oxazole rings is 1. The van der Waals surface area contributed by atoms with Crippen molar-refractivity contribution >= 4 is 11.9 Å². The summed E-state index contributed by atoms with van der Waals surface area (Å²) in [5.74, 6) is -1.70. The lowest BCUT2D eigenvalue weighted by Crippen LogP contribution is -2.30. The average Bonchev–Trinajstić information content (AvgIpc) is 2.77. The summed E-state index contributed by atoms with van der Waals surface area (Å²) in [7, 11) is 0. The molecule has 7 heteroatoms. The molecule has 0 saturated heterocycles. The fourth-order valence-corrected chi connectivity index (χ4v) is 2.09. The number of aromatic nitrogens is 1. The van der Waals surface area contributed by atoms with E-state index in [1.807, 2.05) is 0 Å². The molecule has 0 spiro atoms. The van der Waals surface area contributed by atoms with Crippen molar-refractivity contribution in [3.63, 3.8) is 0 Å². The predicted octanol–water partition coefficient (Wildman–Crippen LogP) is 2.38. The normalized spacial score (nSPS) is 12.0. The summed E-state index contributed by atoms with van der Waals surface area (Å²) < 4.78 is 18.2. The van der Waals surface area contributed by atoms with E-state index in [9.17, 15) is 14.0 Å². The second-order valence-corrected chi connectivity index (χ2v) is 4.82. The van der Waals surface area contributed by atoms with E-state index in [0.717, 1.165) is 0 Å². The smallest absolute Gasteiger partial charge is 0.305 e. The molecular weight excluding hydrogens is 291 g/mol.